The quantitative estimate of drug-likeness (QED) is 0.166. The van der Waals surface area contributed by atoms with Crippen LogP contribution in [0.25, 0.3) is 110 Å². The molecule has 0 bridgehead atoms. The normalized spacial score (nSPS) is 11.6. The molecule has 0 aliphatic rings. The van der Waals surface area contributed by atoms with Crippen molar-refractivity contribution >= 4 is 53.9 Å². The van der Waals surface area contributed by atoms with Crippen LogP contribution in [0.1, 0.15) is 0 Å². The van der Waals surface area contributed by atoms with Gasteiger partial charge in [0.15, 0.2) is 5.82 Å². The highest BCUT2D eigenvalue weighted by Gasteiger charge is 2.15. The van der Waals surface area contributed by atoms with Gasteiger partial charge in [0.05, 0.1) is 11.4 Å². The van der Waals surface area contributed by atoms with Crippen LogP contribution in [0.4, 0.5) is 0 Å². The maximum Gasteiger partial charge on any atom is 0.160 e. The monoisotopic (exact) mass is 710 g/mol. The van der Waals surface area contributed by atoms with Crippen LogP contribution in [-0.2, 0) is 0 Å². The van der Waals surface area contributed by atoms with Gasteiger partial charge in [0.2, 0.25) is 0 Å². The van der Waals surface area contributed by atoms with Crippen molar-refractivity contribution in [2.75, 3.05) is 0 Å². The Hall–Kier alpha value is -7.42. The molecule has 0 N–H and O–H groups in total. The van der Waals surface area contributed by atoms with Gasteiger partial charge in [-0.25, -0.2) is 9.97 Å². The topological polar surface area (TPSA) is 25.8 Å². The Kier molecular flexibility index (Phi) is 7.53. The zero-order valence-corrected chi connectivity index (χ0v) is 30.5. The van der Waals surface area contributed by atoms with Gasteiger partial charge in [-0.1, -0.05) is 200 Å². The molecule has 0 aliphatic heterocycles. The summed E-state index contributed by atoms with van der Waals surface area (Å²) < 4.78 is 0. The number of hydrogen-bond acceptors (Lipinski definition) is 2. The third kappa shape index (κ3) is 5.34. The third-order valence-corrected chi connectivity index (χ3v) is 11.3. The average Bonchev–Trinajstić information content (AvgIpc) is 3.28. The molecule has 56 heavy (non-hydrogen) atoms. The first-order valence-corrected chi connectivity index (χ1v) is 19.2. The second-order valence-electron chi connectivity index (χ2n) is 14.5. The first-order chi connectivity index (χ1) is 27.8. The number of fused-ring (bicyclic) bond motifs is 5. The summed E-state index contributed by atoms with van der Waals surface area (Å²) in [7, 11) is 0. The zero-order valence-electron chi connectivity index (χ0n) is 30.5. The molecule has 2 nitrogen and oxygen atoms in total. The Labute approximate surface area is 325 Å². The summed E-state index contributed by atoms with van der Waals surface area (Å²) in [6.45, 7) is 0. The molecule has 0 fully saturated rings. The molecule has 0 spiro atoms. The summed E-state index contributed by atoms with van der Waals surface area (Å²) in [5.74, 6) is 0.719. The van der Waals surface area contributed by atoms with Crippen LogP contribution in [0.15, 0.2) is 206 Å². The van der Waals surface area contributed by atoms with Crippen molar-refractivity contribution in [3.05, 3.63) is 206 Å². The molecule has 260 valence electrons. The van der Waals surface area contributed by atoms with Crippen molar-refractivity contribution in [1.29, 1.82) is 0 Å². The molecule has 11 aromatic rings. The Balaban J connectivity index is 1.02. The average molecular weight is 711 g/mol. The van der Waals surface area contributed by atoms with E-state index in [9.17, 15) is 0 Å². The van der Waals surface area contributed by atoms with Crippen LogP contribution in [0, 0.1) is 0 Å². The summed E-state index contributed by atoms with van der Waals surface area (Å²) in [6, 6.07) is 74.1. The number of nitrogens with zero attached hydrogens (tertiary/aromatic N) is 2. The minimum Gasteiger partial charge on any atom is -0.228 e. The van der Waals surface area contributed by atoms with Gasteiger partial charge in [-0.05, 0) is 82.2 Å². The fraction of sp³-hybridized carbons (Fsp3) is 0. The fourth-order valence-corrected chi connectivity index (χ4v) is 8.59. The van der Waals surface area contributed by atoms with E-state index in [0.717, 1.165) is 39.5 Å². The molecule has 0 saturated carbocycles. The maximum atomic E-state index is 5.04. The Morgan fingerprint density at radius 1 is 0.250 bits per heavy atom. The lowest BCUT2D eigenvalue weighted by atomic mass is 9.88. The molecule has 2 heteroatoms. The molecule has 0 atom stereocenters. The van der Waals surface area contributed by atoms with Gasteiger partial charge < -0.3 is 0 Å². The van der Waals surface area contributed by atoms with Crippen LogP contribution in [0.5, 0.6) is 0 Å². The predicted octanol–water partition coefficient (Wildman–Crippen LogP) is 14.6. The highest BCUT2D eigenvalue weighted by atomic mass is 14.9. The van der Waals surface area contributed by atoms with Gasteiger partial charge in [-0.2, -0.15) is 0 Å². The van der Waals surface area contributed by atoms with E-state index < -0.39 is 0 Å². The van der Waals surface area contributed by atoms with Gasteiger partial charge in [-0.3, -0.25) is 0 Å². The lowest BCUT2D eigenvalue weighted by molar-refractivity contribution is 1.18. The van der Waals surface area contributed by atoms with Crippen molar-refractivity contribution in [3.63, 3.8) is 0 Å². The van der Waals surface area contributed by atoms with Gasteiger partial charge in [0, 0.05) is 16.7 Å². The molecular formula is C54H34N2. The second-order valence-corrected chi connectivity index (χ2v) is 14.5. The molecular weight excluding hydrogens is 677 g/mol. The predicted molar refractivity (Wildman–Crippen MR) is 237 cm³/mol. The van der Waals surface area contributed by atoms with Gasteiger partial charge in [-0.15, -0.1) is 0 Å². The van der Waals surface area contributed by atoms with Crippen molar-refractivity contribution in [2.24, 2.45) is 0 Å². The van der Waals surface area contributed by atoms with Crippen molar-refractivity contribution in [2.45, 2.75) is 0 Å². The molecule has 0 radical (unpaired) electrons. The number of rotatable bonds is 5. The van der Waals surface area contributed by atoms with Gasteiger partial charge in [0.25, 0.3) is 0 Å². The van der Waals surface area contributed by atoms with Crippen molar-refractivity contribution < 1.29 is 0 Å². The van der Waals surface area contributed by atoms with E-state index in [4.69, 9.17) is 9.97 Å². The van der Waals surface area contributed by atoms with E-state index in [2.05, 4.69) is 170 Å². The third-order valence-electron chi connectivity index (χ3n) is 11.3. The minimum absolute atomic E-state index is 0.719. The van der Waals surface area contributed by atoms with Crippen LogP contribution in [0.3, 0.4) is 0 Å². The zero-order chi connectivity index (χ0) is 37.0. The van der Waals surface area contributed by atoms with E-state index in [1.165, 1.54) is 70.6 Å². The van der Waals surface area contributed by atoms with E-state index in [1.54, 1.807) is 0 Å². The van der Waals surface area contributed by atoms with Crippen LogP contribution < -0.4 is 0 Å². The van der Waals surface area contributed by atoms with Crippen molar-refractivity contribution in [1.82, 2.24) is 9.97 Å². The number of hydrogen-bond donors (Lipinski definition) is 0. The molecule has 10 aromatic carbocycles. The molecule has 0 amide bonds. The van der Waals surface area contributed by atoms with Crippen LogP contribution in [0.2, 0.25) is 0 Å². The second kappa shape index (κ2) is 13.2. The van der Waals surface area contributed by atoms with Crippen LogP contribution in [-0.4, -0.2) is 9.97 Å². The van der Waals surface area contributed by atoms with E-state index >= 15 is 0 Å². The smallest absolute Gasteiger partial charge is 0.160 e. The number of aromatic nitrogens is 2. The van der Waals surface area contributed by atoms with Gasteiger partial charge in [0.1, 0.15) is 0 Å². The molecule has 11 rings (SSSR count). The summed E-state index contributed by atoms with van der Waals surface area (Å²) in [6.07, 6.45) is 0. The minimum atomic E-state index is 0.719. The SMILES string of the molecule is c1ccc(-c2cc(-c3ccc(-c4ccc(-c5cccc6c7cccc8ccc9cccc(c%10ccccc%10c56)c9c87)cc4)cc3)nc(-c3ccccc3)n2)cc1. The lowest BCUT2D eigenvalue weighted by Gasteiger charge is -2.16. The Morgan fingerprint density at radius 3 is 1.27 bits per heavy atom. The summed E-state index contributed by atoms with van der Waals surface area (Å²) in [4.78, 5) is 10.00. The molecule has 0 saturated heterocycles. The molecule has 1 heterocycles. The van der Waals surface area contributed by atoms with Crippen LogP contribution >= 0.6 is 0 Å². The maximum absolute atomic E-state index is 5.04. The van der Waals surface area contributed by atoms with E-state index in [0.29, 0.717) is 0 Å². The lowest BCUT2D eigenvalue weighted by Crippen LogP contribution is -1.95. The van der Waals surface area contributed by atoms with Crippen molar-refractivity contribution in [3.8, 4) is 56.2 Å². The Morgan fingerprint density at radius 2 is 0.661 bits per heavy atom. The summed E-state index contributed by atoms with van der Waals surface area (Å²) >= 11 is 0. The largest absolute Gasteiger partial charge is 0.228 e. The first-order valence-electron chi connectivity index (χ1n) is 19.2. The standard InChI is InChI=1S/C54H34N2/c1-3-12-38(13-4-1)49-34-50(56-54(55-49)42-14-5-2-6-15-42)39-30-26-36(27-31-39)35-24-28-37(29-25-35)43-20-11-23-48-47-22-10-17-41-33-32-40-16-9-21-45(51(40)52(41)47)44-18-7-8-19-46(44)53(43)48/h1-34H. The highest BCUT2D eigenvalue weighted by Crippen LogP contribution is 2.43. The Bertz CT molecular complexity index is 3200. The molecule has 0 aliphatic carbocycles. The molecule has 1 aromatic heterocycles. The summed E-state index contributed by atoms with van der Waals surface area (Å²) in [5, 5.41) is 12.8. The summed E-state index contributed by atoms with van der Waals surface area (Å²) in [5.41, 5.74) is 9.67. The fourth-order valence-electron chi connectivity index (χ4n) is 8.59. The number of benzene rings is 9. The van der Waals surface area contributed by atoms with Gasteiger partial charge >= 0.3 is 0 Å². The molecule has 0 unspecified atom stereocenters. The van der Waals surface area contributed by atoms with E-state index in [-0.39, 0.29) is 0 Å². The van der Waals surface area contributed by atoms with E-state index in [1.807, 2.05) is 36.4 Å². The first kappa shape index (κ1) is 32.0. The highest BCUT2D eigenvalue weighted by molar-refractivity contribution is 6.34.